The second-order valence-electron chi connectivity index (χ2n) is 8.53. The first-order chi connectivity index (χ1) is 17.6. The molecule has 0 radical (unpaired) electrons. The number of hydrogen-bond donors (Lipinski definition) is 2. The lowest BCUT2D eigenvalue weighted by Crippen LogP contribution is -2.21. The molecule has 0 saturated carbocycles. The van der Waals surface area contributed by atoms with Gasteiger partial charge < -0.3 is 10.6 Å². The zero-order valence-corrected chi connectivity index (χ0v) is 21.1. The van der Waals surface area contributed by atoms with E-state index in [1.807, 2.05) is 19.9 Å². The van der Waals surface area contributed by atoms with Crippen molar-refractivity contribution in [2.45, 2.75) is 40.8 Å². The summed E-state index contributed by atoms with van der Waals surface area (Å²) in [5.41, 5.74) is 3.66. The largest absolute Gasteiger partial charge is 0.319 e. The second kappa shape index (κ2) is 10.0. The summed E-state index contributed by atoms with van der Waals surface area (Å²) in [6.45, 7) is 7.59. The smallest absolute Gasteiger partial charge is 0.312 e. The van der Waals surface area contributed by atoms with Crippen molar-refractivity contribution in [1.29, 1.82) is 0 Å². The molecule has 0 aliphatic heterocycles. The van der Waals surface area contributed by atoms with Gasteiger partial charge in [0.25, 0.3) is 11.8 Å². The van der Waals surface area contributed by atoms with Crippen LogP contribution in [0.25, 0.3) is 0 Å². The lowest BCUT2D eigenvalue weighted by molar-refractivity contribution is -0.386. The third-order valence-electron chi connectivity index (χ3n) is 6.13. The van der Waals surface area contributed by atoms with Gasteiger partial charge in [-0.1, -0.05) is 12.1 Å². The fourth-order valence-electron chi connectivity index (χ4n) is 4.04. The molecule has 0 aliphatic carbocycles. The topological polar surface area (TPSA) is 155 Å². The molecule has 37 heavy (non-hydrogen) atoms. The van der Waals surface area contributed by atoms with E-state index in [0.717, 1.165) is 11.3 Å². The highest BCUT2D eigenvalue weighted by molar-refractivity contribution is 6.11. The molecule has 0 saturated heterocycles. The van der Waals surface area contributed by atoms with E-state index >= 15 is 0 Å². The minimum Gasteiger partial charge on any atom is -0.319 e. The monoisotopic (exact) mass is 505 g/mol. The lowest BCUT2D eigenvalue weighted by atomic mass is 10.1. The van der Waals surface area contributed by atoms with Gasteiger partial charge in [-0.25, -0.2) is 0 Å². The average molecular weight is 506 g/mol. The summed E-state index contributed by atoms with van der Waals surface area (Å²) >= 11 is 0. The number of carbonyl (C=O) groups is 2. The van der Waals surface area contributed by atoms with E-state index in [2.05, 4.69) is 25.9 Å². The Morgan fingerprint density at radius 1 is 1.00 bits per heavy atom. The summed E-state index contributed by atoms with van der Waals surface area (Å²) in [7, 11) is 1.77. The van der Waals surface area contributed by atoms with Crippen LogP contribution < -0.4 is 10.6 Å². The molecule has 4 aromatic rings. The molecule has 4 rings (SSSR count). The number of nitrogens with zero attached hydrogens (tertiary/aromatic N) is 7. The van der Waals surface area contributed by atoms with Gasteiger partial charge >= 0.3 is 5.69 Å². The number of nitro groups is 1. The van der Waals surface area contributed by atoms with Crippen molar-refractivity contribution in [2.24, 2.45) is 7.05 Å². The molecule has 0 unspecified atom stereocenters. The predicted octanol–water partition coefficient (Wildman–Crippen LogP) is 3.22. The van der Waals surface area contributed by atoms with Crippen LogP contribution in [0.15, 0.2) is 36.7 Å². The normalized spacial score (nSPS) is 10.9. The van der Waals surface area contributed by atoms with Crippen LogP contribution in [0.5, 0.6) is 0 Å². The van der Waals surface area contributed by atoms with E-state index in [4.69, 9.17) is 0 Å². The van der Waals surface area contributed by atoms with Gasteiger partial charge in [0.15, 0.2) is 0 Å². The number of anilines is 2. The van der Waals surface area contributed by atoms with Crippen LogP contribution in [0.4, 0.5) is 17.1 Å². The Morgan fingerprint density at radius 2 is 1.70 bits per heavy atom. The van der Waals surface area contributed by atoms with Gasteiger partial charge in [-0.3, -0.25) is 33.7 Å². The third kappa shape index (κ3) is 4.96. The highest BCUT2D eigenvalue weighted by Gasteiger charge is 2.23. The average Bonchev–Trinajstić information content (AvgIpc) is 3.50. The molecule has 3 aromatic heterocycles. The summed E-state index contributed by atoms with van der Waals surface area (Å²) < 4.78 is 4.69. The highest BCUT2D eigenvalue weighted by atomic mass is 16.6. The van der Waals surface area contributed by atoms with Gasteiger partial charge in [-0.05, 0) is 45.4 Å². The molecule has 0 fully saturated rings. The van der Waals surface area contributed by atoms with Gasteiger partial charge in [0.05, 0.1) is 40.9 Å². The van der Waals surface area contributed by atoms with Crippen molar-refractivity contribution >= 4 is 28.9 Å². The quantitative estimate of drug-likeness (QED) is 0.275. The highest BCUT2D eigenvalue weighted by Crippen LogP contribution is 2.23. The molecule has 192 valence electrons. The van der Waals surface area contributed by atoms with Crippen LogP contribution in [0.2, 0.25) is 0 Å². The summed E-state index contributed by atoms with van der Waals surface area (Å²) in [6, 6.07) is 6.86. The number of aryl methyl sites for hydroxylation is 3. The molecule has 0 spiro atoms. The molecular formula is C24H27N9O4. The number of nitrogens with one attached hydrogen (secondary N) is 2. The van der Waals surface area contributed by atoms with Gasteiger partial charge in [0, 0.05) is 19.2 Å². The Bertz CT molecular complexity index is 1510. The summed E-state index contributed by atoms with van der Waals surface area (Å²) in [6.07, 6.45) is 2.99. The van der Waals surface area contributed by atoms with Gasteiger partial charge in [0.1, 0.15) is 17.1 Å². The van der Waals surface area contributed by atoms with Crippen molar-refractivity contribution in [3.05, 3.63) is 80.7 Å². The number of hydrogen-bond acceptors (Lipinski definition) is 7. The fourth-order valence-corrected chi connectivity index (χ4v) is 4.04. The number of carbonyl (C=O) groups excluding carboxylic acids is 2. The van der Waals surface area contributed by atoms with Crippen LogP contribution in [0, 0.1) is 30.9 Å². The Morgan fingerprint density at radius 3 is 2.32 bits per heavy atom. The minimum absolute atomic E-state index is 0.0193. The van der Waals surface area contributed by atoms with Gasteiger partial charge in [-0.15, -0.1) is 0 Å². The van der Waals surface area contributed by atoms with Crippen molar-refractivity contribution in [3.63, 3.8) is 0 Å². The number of rotatable bonds is 8. The van der Waals surface area contributed by atoms with Crippen molar-refractivity contribution < 1.29 is 14.5 Å². The van der Waals surface area contributed by atoms with Gasteiger partial charge in [0.2, 0.25) is 0 Å². The van der Waals surface area contributed by atoms with Crippen molar-refractivity contribution in [2.75, 3.05) is 10.6 Å². The maximum atomic E-state index is 13.1. The number of amides is 2. The first-order valence-electron chi connectivity index (χ1n) is 11.5. The molecule has 0 atom stereocenters. The minimum atomic E-state index is -0.447. The number of aromatic nitrogens is 6. The molecular weight excluding hydrogens is 478 g/mol. The van der Waals surface area contributed by atoms with Crippen LogP contribution in [0.1, 0.15) is 50.4 Å². The van der Waals surface area contributed by atoms with Crippen LogP contribution in [-0.4, -0.2) is 46.1 Å². The first kappa shape index (κ1) is 25.3. The summed E-state index contributed by atoms with van der Waals surface area (Å²) in [5.74, 6) is -0.853. The third-order valence-corrected chi connectivity index (χ3v) is 6.13. The maximum absolute atomic E-state index is 13.1. The predicted molar refractivity (Wildman–Crippen MR) is 136 cm³/mol. The zero-order chi connectivity index (χ0) is 26.9. The number of benzene rings is 1. The molecule has 0 bridgehead atoms. The lowest BCUT2D eigenvalue weighted by Gasteiger charge is -2.11. The van der Waals surface area contributed by atoms with Crippen LogP contribution >= 0.6 is 0 Å². The van der Waals surface area contributed by atoms with E-state index < -0.39 is 16.7 Å². The zero-order valence-electron chi connectivity index (χ0n) is 21.1. The fraction of sp³-hybridized carbons (Fsp3) is 0.292. The van der Waals surface area contributed by atoms with Crippen molar-refractivity contribution in [3.8, 4) is 0 Å². The molecule has 2 N–H and O–H groups in total. The second-order valence-corrected chi connectivity index (χ2v) is 8.53. The van der Waals surface area contributed by atoms with E-state index in [1.165, 1.54) is 10.9 Å². The molecule has 1 aromatic carbocycles. The van der Waals surface area contributed by atoms with E-state index in [-0.39, 0.29) is 23.6 Å². The van der Waals surface area contributed by atoms with Crippen LogP contribution in [0.3, 0.4) is 0 Å². The van der Waals surface area contributed by atoms with Crippen LogP contribution in [-0.2, 0) is 20.1 Å². The Balaban J connectivity index is 1.55. The molecule has 2 amide bonds. The summed E-state index contributed by atoms with van der Waals surface area (Å²) in [5, 5.41) is 29.5. The van der Waals surface area contributed by atoms with E-state index in [1.54, 1.807) is 54.7 Å². The standard InChI is InChI=1S/C24H27N9O4/c1-6-31-22(24(35)27-19-11-25-30(5)15(19)3)20(12-26-31)28-23(34)18-9-7-8-17(10-18)13-32-16(4)21(33(36)37)14(2)29-32/h7-12H,6,13H2,1-5H3,(H,27,35)(H,28,34). The first-order valence-corrected chi connectivity index (χ1v) is 11.5. The summed E-state index contributed by atoms with van der Waals surface area (Å²) in [4.78, 5) is 37.1. The van der Waals surface area contributed by atoms with E-state index in [0.29, 0.717) is 29.2 Å². The molecule has 13 heteroatoms. The Kier molecular flexibility index (Phi) is 6.87. The Hall–Kier alpha value is -4.81. The Labute approximate surface area is 212 Å². The SMILES string of the molecule is CCn1ncc(NC(=O)c2cccc(Cn3nc(C)c([N+](=O)[O-])c3C)c2)c1C(=O)Nc1cnn(C)c1C. The molecule has 3 heterocycles. The molecule has 0 aliphatic rings. The van der Waals surface area contributed by atoms with Gasteiger partial charge in [-0.2, -0.15) is 15.3 Å². The molecule has 13 nitrogen and oxygen atoms in total. The van der Waals surface area contributed by atoms with Crippen molar-refractivity contribution in [1.82, 2.24) is 29.3 Å². The maximum Gasteiger partial charge on any atom is 0.312 e. The van der Waals surface area contributed by atoms with E-state index in [9.17, 15) is 19.7 Å².